The van der Waals surface area contributed by atoms with E-state index in [1.165, 1.54) is 5.57 Å². The molecule has 7 unspecified atom stereocenters. The first-order chi connectivity index (χ1) is 16.6. The lowest BCUT2D eigenvalue weighted by Crippen LogP contribution is -2.67. The maximum atomic E-state index is 12.8. The Morgan fingerprint density at radius 1 is 0.806 bits per heavy atom. The molecule has 0 spiro atoms. The van der Waals surface area contributed by atoms with Crippen molar-refractivity contribution in [3.8, 4) is 0 Å². The number of hydrogen-bond acceptors (Lipinski definition) is 3. The molecule has 10 atom stereocenters. The minimum absolute atomic E-state index is 0.115. The molecule has 0 aromatic carbocycles. The Balaban J connectivity index is 1.52. The molecule has 5 aliphatic rings. The molecular weight excluding hydrogens is 452 g/mol. The highest BCUT2D eigenvalue weighted by molar-refractivity contribution is 5.76. The third-order valence-electron chi connectivity index (χ3n) is 13.7. The van der Waals surface area contributed by atoms with Gasteiger partial charge in [0, 0.05) is 5.41 Å². The van der Waals surface area contributed by atoms with Crippen molar-refractivity contribution in [2.24, 2.45) is 56.7 Å². The van der Waals surface area contributed by atoms with Crippen molar-refractivity contribution < 1.29 is 24.5 Å². The van der Waals surface area contributed by atoms with Gasteiger partial charge in [0.1, 0.15) is 6.10 Å². The second-order valence-electron chi connectivity index (χ2n) is 14.9. The molecule has 0 radical (unpaired) electrons. The summed E-state index contributed by atoms with van der Waals surface area (Å²) in [6, 6.07) is 0. The van der Waals surface area contributed by atoms with E-state index in [0.29, 0.717) is 23.7 Å². The minimum Gasteiger partial charge on any atom is -0.481 e. The van der Waals surface area contributed by atoms with Gasteiger partial charge in [-0.2, -0.15) is 0 Å². The molecule has 5 rings (SSSR count). The normalized spacial score (nSPS) is 51.2. The predicted octanol–water partition coefficient (Wildman–Crippen LogP) is 7.79. The van der Waals surface area contributed by atoms with Gasteiger partial charge in [-0.05, 0) is 117 Å². The molecule has 0 aromatic rings. The standard InChI is InChI=1S/C31H48O5/c1-18(2)19-10-15-31(25(32)33)17-16-29(6)20(24(19)31)8-9-22-28(5)13-12-23(36-26(34)35)27(3,4)21(28)11-14-30(22,29)7/h19-24H,1,8-17H2,2-7H3,(H,32,33)(H,34,35)/t19?,20?,21?,22?,23?,24?,28-,29+,30+,31?/m0/s1. The highest BCUT2D eigenvalue weighted by Gasteiger charge is 2.72. The van der Waals surface area contributed by atoms with Crippen molar-refractivity contribution in [2.75, 3.05) is 0 Å². The summed E-state index contributed by atoms with van der Waals surface area (Å²) in [5, 5.41) is 19.9. The van der Waals surface area contributed by atoms with E-state index in [1.54, 1.807) is 0 Å². The summed E-state index contributed by atoms with van der Waals surface area (Å²) in [5.74, 6) is 1.37. The molecule has 5 fully saturated rings. The molecule has 5 saturated carbocycles. The Labute approximate surface area is 217 Å². The van der Waals surface area contributed by atoms with Crippen molar-refractivity contribution >= 4 is 12.1 Å². The second-order valence-corrected chi connectivity index (χ2v) is 14.9. The Morgan fingerprint density at radius 3 is 2.11 bits per heavy atom. The van der Waals surface area contributed by atoms with Crippen LogP contribution in [-0.2, 0) is 9.53 Å². The van der Waals surface area contributed by atoms with E-state index in [0.717, 1.165) is 64.2 Å². The van der Waals surface area contributed by atoms with E-state index in [-0.39, 0.29) is 33.7 Å². The van der Waals surface area contributed by atoms with Gasteiger partial charge in [0.2, 0.25) is 0 Å². The fraction of sp³-hybridized carbons (Fsp3) is 0.871. The van der Waals surface area contributed by atoms with Gasteiger partial charge in [0.05, 0.1) is 5.41 Å². The molecule has 5 nitrogen and oxygen atoms in total. The molecule has 5 heteroatoms. The van der Waals surface area contributed by atoms with Gasteiger partial charge in [-0.1, -0.05) is 46.8 Å². The largest absolute Gasteiger partial charge is 0.506 e. The summed E-state index contributed by atoms with van der Waals surface area (Å²) >= 11 is 0. The van der Waals surface area contributed by atoms with Crippen LogP contribution in [0.1, 0.15) is 106 Å². The van der Waals surface area contributed by atoms with Crippen molar-refractivity contribution in [3.05, 3.63) is 12.2 Å². The zero-order valence-corrected chi connectivity index (χ0v) is 23.4. The van der Waals surface area contributed by atoms with E-state index in [9.17, 15) is 19.8 Å². The van der Waals surface area contributed by atoms with Gasteiger partial charge in [-0.3, -0.25) is 4.79 Å². The molecule has 0 aliphatic heterocycles. The SMILES string of the molecule is C=C(C)C1CCC2(C(=O)O)CC[C@]3(C)C(CCC4[C@@]5(C)CCC(OC(=O)O)C(C)(C)C5CC[C@]43C)C12. The first kappa shape index (κ1) is 26.1. The number of hydrogen-bond donors (Lipinski definition) is 2. The molecule has 0 saturated heterocycles. The lowest BCUT2D eigenvalue weighted by atomic mass is 9.32. The summed E-state index contributed by atoms with van der Waals surface area (Å²) in [6.45, 7) is 18.5. The number of ether oxygens (including phenoxy) is 1. The van der Waals surface area contributed by atoms with Crippen LogP contribution in [0.25, 0.3) is 0 Å². The Kier molecular flexibility index (Phi) is 5.79. The molecule has 0 bridgehead atoms. The monoisotopic (exact) mass is 500 g/mol. The van der Waals surface area contributed by atoms with E-state index < -0.39 is 17.5 Å². The van der Waals surface area contributed by atoms with Crippen LogP contribution in [0, 0.1) is 56.7 Å². The van der Waals surface area contributed by atoms with Crippen LogP contribution in [0.4, 0.5) is 4.79 Å². The Bertz CT molecular complexity index is 970. The average Bonchev–Trinajstić information content (AvgIpc) is 3.17. The van der Waals surface area contributed by atoms with E-state index in [1.807, 2.05) is 0 Å². The van der Waals surface area contributed by atoms with E-state index in [4.69, 9.17) is 4.74 Å². The number of rotatable bonds is 3. The van der Waals surface area contributed by atoms with Crippen LogP contribution in [0.5, 0.6) is 0 Å². The predicted molar refractivity (Wildman–Crippen MR) is 140 cm³/mol. The van der Waals surface area contributed by atoms with Crippen LogP contribution in [0.2, 0.25) is 0 Å². The summed E-state index contributed by atoms with van der Waals surface area (Å²) in [4.78, 5) is 24.2. The third kappa shape index (κ3) is 3.13. The Hall–Kier alpha value is -1.52. The van der Waals surface area contributed by atoms with E-state index >= 15 is 0 Å². The molecule has 36 heavy (non-hydrogen) atoms. The summed E-state index contributed by atoms with van der Waals surface area (Å²) < 4.78 is 5.44. The number of allylic oxidation sites excluding steroid dienone is 1. The highest BCUT2D eigenvalue weighted by atomic mass is 16.7. The number of carboxylic acids is 1. The second kappa shape index (κ2) is 7.99. The molecular formula is C31H48O5. The van der Waals surface area contributed by atoms with Crippen LogP contribution >= 0.6 is 0 Å². The maximum absolute atomic E-state index is 12.8. The van der Waals surface area contributed by atoms with Crippen molar-refractivity contribution in [2.45, 2.75) is 112 Å². The summed E-state index contributed by atoms with van der Waals surface area (Å²) in [6.07, 6.45) is 8.47. The van der Waals surface area contributed by atoms with Crippen LogP contribution in [-0.4, -0.2) is 28.4 Å². The van der Waals surface area contributed by atoms with E-state index in [2.05, 4.69) is 48.1 Å². The van der Waals surface area contributed by atoms with Gasteiger partial charge >= 0.3 is 12.1 Å². The van der Waals surface area contributed by atoms with Crippen LogP contribution in [0.3, 0.4) is 0 Å². The highest BCUT2D eigenvalue weighted by Crippen LogP contribution is 2.77. The number of carboxylic acid groups (broad SMARTS) is 2. The summed E-state index contributed by atoms with van der Waals surface area (Å²) in [5.41, 5.74) is 0.828. The smallest absolute Gasteiger partial charge is 0.481 e. The summed E-state index contributed by atoms with van der Waals surface area (Å²) in [7, 11) is 0. The minimum atomic E-state index is -1.15. The molecule has 0 aromatic heterocycles. The lowest BCUT2D eigenvalue weighted by Gasteiger charge is -2.72. The third-order valence-corrected chi connectivity index (χ3v) is 13.7. The van der Waals surface area contributed by atoms with Gasteiger partial charge in [-0.25, -0.2) is 4.79 Å². The number of fused-ring (bicyclic) bond motifs is 7. The molecule has 0 heterocycles. The zero-order chi connectivity index (χ0) is 26.5. The Morgan fingerprint density at radius 2 is 1.50 bits per heavy atom. The van der Waals surface area contributed by atoms with Crippen molar-refractivity contribution in [3.63, 3.8) is 0 Å². The number of carbonyl (C=O) groups is 2. The van der Waals surface area contributed by atoms with Gasteiger partial charge in [0.25, 0.3) is 0 Å². The molecule has 0 amide bonds. The fourth-order valence-corrected chi connectivity index (χ4v) is 11.8. The first-order valence-corrected chi connectivity index (χ1v) is 14.4. The first-order valence-electron chi connectivity index (χ1n) is 14.4. The topological polar surface area (TPSA) is 83.8 Å². The lowest BCUT2D eigenvalue weighted by molar-refractivity contribution is -0.248. The van der Waals surface area contributed by atoms with Crippen molar-refractivity contribution in [1.29, 1.82) is 0 Å². The average molecular weight is 501 g/mol. The van der Waals surface area contributed by atoms with Crippen molar-refractivity contribution in [1.82, 2.24) is 0 Å². The fourth-order valence-electron chi connectivity index (χ4n) is 11.8. The zero-order valence-electron chi connectivity index (χ0n) is 23.4. The van der Waals surface area contributed by atoms with Gasteiger partial charge < -0.3 is 14.9 Å². The maximum Gasteiger partial charge on any atom is 0.506 e. The van der Waals surface area contributed by atoms with Crippen LogP contribution < -0.4 is 0 Å². The molecule has 5 aliphatic carbocycles. The molecule has 202 valence electrons. The molecule has 2 N–H and O–H groups in total. The number of aliphatic carboxylic acids is 1. The van der Waals surface area contributed by atoms with Crippen LogP contribution in [0.15, 0.2) is 12.2 Å². The van der Waals surface area contributed by atoms with Gasteiger partial charge in [-0.15, -0.1) is 0 Å². The quantitative estimate of drug-likeness (QED) is 0.305. The van der Waals surface area contributed by atoms with Gasteiger partial charge in [0.15, 0.2) is 0 Å².